The average molecular weight is 353 g/mol. The number of carbonyl (C=O) groups excluding carboxylic acids is 3. The summed E-state index contributed by atoms with van der Waals surface area (Å²) < 4.78 is 10.6. The zero-order chi connectivity index (χ0) is 18.8. The molecule has 0 N–H and O–H groups in total. The maximum absolute atomic E-state index is 12.5. The van der Waals surface area contributed by atoms with Crippen LogP contribution in [0.4, 0.5) is 5.69 Å². The zero-order valence-corrected chi connectivity index (χ0v) is 14.8. The van der Waals surface area contributed by atoms with Gasteiger partial charge in [-0.25, -0.2) is 9.69 Å². The number of hydrogen-bond donors (Lipinski definition) is 0. The lowest BCUT2D eigenvalue weighted by Crippen LogP contribution is -2.29. The van der Waals surface area contributed by atoms with E-state index in [2.05, 4.69) is 0 Å². The maximum atomic E-state index is 12.5. The van der Waals surface area contributed by atoms with Gasteiger partial charge in [-0.05, 0) is 57.2 Å². The van der Waals surface area contributed by atoms with Crippen LogP contribution >= 0.6 is 0 Å². The molecule has 0 spiro atoms. The second kappa shape index (κ2) is 7.00. The molecule has 2 amide bonds. The molecule has 6 heteroatoms. The molecule has 6 nitrogen and oxygen atoms in total. The van der Waals surface area contributed by atoms with Gasteiger partial charge in [-0.1, -0.05) is 12.1 Å². The number of carbonyl (C=O) groups is 3. The van der Waals surface area contributed by atoms with Gasteiger partial charge in [0.2, 0.25) is 0 Å². The first-order chi connectivity index (χ1) is 12.4. The Morgan fingerprint density at radius 2 is 1.42 bits per heavy atom. The van der Waals surface area contributed by atoms with Crippen molar-refractivity contribution in [3.63, 3.8) is 0 Å². The van der Waals surface area contributed by atoms with Gasteiger partial charge in [0.05, 0.1) is 22.9 Å². The number of amides is 2. The fourth-order valence-electron chi connectivity index (χ4n) is 2.68. The predicted molar refractivity (Wildman–Crippen MR) is 95.3 cm³/mol. The fraction of sp³-hybridized carbons (Fsp3) is 0.250. The summed E-state index contributed by atoms with van der Waals surface area (Å²) in [7, 11) is 0. The van der Waals surface area contributed by atoms with Gasteiger partial charge < -0.3 is 9.47 Å². The van der Waals surface area contributed by atoms with Crippen LogP contribution < -0.4 is 9.64 Å². The summed E-state index contributed by atoms with van der Waals surface area (Å²) in [5.41, 5.74) is 1.23. The molecule has 134 valence electrons. The second-order valence-electron chi connectivity index (χ2n) is 6.23. The molecule has 0 aromatic heterocycles. The third-order valence-corrected chi connectivity index (χ3v) is 3.89. The number of anilines is 1. The molecule has 1 aliphatic rings. The standard InChI is InChI=1S/C20H19NO5/c1-12(2)25-20(24)13(3)26-15-10-8-14(9-11-15)21-18(22)16-6-4-5-7-17(16)19(21)23/h4-13H,1-3H3. The van der Waals surface area contributed by atoms with Crippen molar-refractivity contribution in [2.24, 2.45) is 0 Å². The van der Waals surface area contributed by atoms with E-state index in [9.17, 15) is 14.4 Å². The van der Waals surface area contributed by atoms with Crippen LogP contribution in [-0.4, -0.2) is 30.0 Å². The number of esters is 1. The Labute approximate surface area is 151 Å². The van der Waals surface area contributed by atoms with Crippen LogP contribution in [0.2, 0.25) is 0 Å². The van der Waals surface area contributed by atoms with Gasteiger partial charge >= 0.3 is 5.97 Å². The molecule has 2 aromatic carbocycles. The minimum atomic E-state index is -0.762. The molecule has 0 saturated heterocycles. The highest BCUT2D eigenvalue weighted by Crippen LogP contribution is 2.29. The van der Waals surface area contributed by atoms with E-state index >= 15 is 0 Å². The average Bonchev–Trinajstić information content (AvgIpc) is 2.87. The predicted octanol–water partition coefficient (Wildman–Crippen LogP) is 3.21. The Morgan fingerprint density at radius 3 is 1.92 bits per heavy atom. The molecule has 0 fully saturated rings. The number of hydrogen-bond acceptors (Lipinski definition) is 5. The summed E-state index contributed by atoms with van der Waals surface area (Å²) in [4.78, 5) is 37.9. The van der Waals surface area contributed by atoms with Crippen molar-refractivity contribution in [3.05, 3.63) is 59.7 Å². The fourth-order valence-corrected chi connectivity index (χ4v) is 2.68. The normalized spacial score (nSPS) is 14.4. The van der Waals surface area contributed by atoms with Gasteiger partial charge in [0.15, 0.2) is 6.10 Å². The number of fused-ring (bicyclic) bond motifs is 1. The molecule has 0 bridgehead atoms. The molecule has 1 atom stereocenters. The van der Waals surface area contributed by atoms with Crippen molar-refractivity contribution >= 4 is 23.5 Å². The van der Waals surface area contributed by atoms with E-state index in [1.54, 1.807) is 69.3 Å². The van der Waals surface area contributed by atoms with Crippen molar-refractivity contribution in [1.82, 2.24) is 0 Å². The number of rotatable bonds is 5. The summed E-state index contributed by atoms with van der Waals surface area (Å²) in [6.07, 6.45) is -0.979. The Balaban J connectivity index is 1.74. The highest BCUT2D eigenvalue weighted by molar-refractivity contribution is 6.34. The number of imide groups is 1. The minimum absolute atomic E-state index is 0.218. The van der Waals surface area contributed by atoms with Crippen LogP contribution in [0, 0.1) is 0 Å². The summed E-state index contributed by atoms with van der Waals surface area (Å²) in [6.45, 7) is 5.13. The molecule has 3 rings (SSSR count). The number of nitrogens with zero attached hydrogens (tertiary/aromatic N) is 1. The van der Waals surface area contributed by atoms with Crippen LogP contribution in [0.5, 0.6) is 5.75 Å². The lowest BCUT2D eigenvalue weighted by Gasteiger charge is -2.17. The third kappa shape index (κ3) is 3.31. The van der Waals surface area contributed by atoms with Crippen molar-refractivity contribution in [2.45, 2.75) is 33.0 Å². The van der Waals surface area contributed by atoms with Crippen molar-refractivity contribution in [2.75, 3.05) is 4.90 Å². The monoisotopic (exact) mass is 353 g/mol. The van der Waals surface area contributed by atoms with Crippen molar-refractivity contribution in [3.8, 4) is 5.75 Å². The van der Waals surface area contributed by atoms with Gasteiger partial charge in [-0.3, -0.25) is 9.59 Å². The Morgan fingerprint density at radius 1 is 0.885 bits per heavy atom. The summed E-state index contributed by atoms with van der Waals surface area (Å²) in [5, 5.41) is 0. The van der Waals surface area contributed by atoms with Gasteiger partial charge in [-0.15, -0.1) is 0 Å². The van der Waals surface area contributed by atoms with E-state index < -0.39 is 12.1 Å². The smallest absolute Gasteiger partial charge is 0.347 e. The lowest BCUT2D eigenvalue weighted by atomic mass is 10.1. The lowest BCUT2D eigenvalue weighted by molar-refractivity contribution is -0.154. The van der Waals surface area contributed by atoms with Crippen LogP contribution in [0.15, 0.2) is 48.5 Å². The van der Waals surface area contributed by atoms with E-state index in [0.717, 1.165) is 4.90 Å². The third-order valence-electron chi connectivity index (χ3n) is 3.89. The second-order valence-corrected chi connectivity index (χ2v) is 6.23. The van der Waals surface area contributed by atoms with E-state index in [4.69, 9.17) is 9.47 Å². The van der Waals surface area contributed by atoms with Gasteiger partial charge in [0.1, 0.15) is 5.75 Å². The van der Waals surface area contributed by atoms with E-state index in [0.29, 0.717) is 22.6 Å². The van der Waals surface area contributed by atoms with Gasteiger partial charge in [0, 0.05) is 0 Å². The first kappa shape index (κ1) is 17.7. The molecule has 1 aliphatic heterocycles. The van der Waals surface area contributed by atoms with Crippen LogP contribution in [0.1, 0.15) is 41.5 Å². The Kier molecular flexibility index (Phi) is 4.75. The van der Waals surface area contributed by atoms with E-state index in [-0.39, 0.29) is 17.9 Å². The molecule has 2 aromatic rings. The number of benzene rings is 2. The molecular formula is C20H19NO5. The van der Waals surface area contributed by atoms with Crippen molar-refractivity contribution < 1.29 is 23.9 Å². The molecule has 0 aliphatic carbocycles. The zero-order valence-electron chi connectivity index (χ0n) is 14.8. The van der Waals surface area contributed by atoms with Crippen molar-refractivity contribution in [1.29, 1.82) is 0 Å². The van der Waals surface area contributed by atoms with Gasteiger partial charge in [-0.2, -0.15) is 0 Å². The molecule has 1 unspecified atom stereocenters. The highest BCUT2D eigenvalue weighted by Gasteiger charge is 2.36. The van der Waals surface area contributed by atoms with Crippen LogP contribution in [0.25, 0.3) is 0 Å². The first-order valence-corrected chi connectivity index (χ1v) is 8.33. The molecular weight excluding hydrogens is 334 g/mol. The number of ether oxygens (including phenoxy) is 2. The highest BCUT2D eigenvalue weighted by atomic mass is 16.6. The summed E-state index contributed by atoms with van der Waals surface area (Å²) >= 11 is 0. The van der Waals surface area contributed by atoms with Crippen LogP contribution in [0.3, 0.4) is 0 Å². The summed E-state index contributed by atoms with van der Waals surface area (Å²) in [6, 6.07) is 13.2. The largest absolute Gasteiger partial charge is 0.479 e. The van der Waals surface area contributed by atoms with Crippen LogP contribution in [-0.2, 0) is 9.53 Å². The first-order valence-electron chi connectivity index (χ1n) is 8.33. The summed E-state index contributed by atoms with van der Waals surface area (Å²) in [5.74, 6) is -0.718. The molecule has 0 radical (unpaired) electrons. The van der Waals surface area contributed by atoms with E-state index in [1.807, 2.05) is 0 Å². The SMILES string of the molecule is CC(C)OC(=O)C(C)Oc1ccc(N2C(=O)c3ccccc3C2=O)cc1. The topological polar surface area (TPSA) is 72.9 Å². The Hall–Kier alpha value is -3.15. The Bertz CT molecular complexity index is 822. The minimum Gasteiger partial charge on any atom is -0.479 e. The molecule has 26 heavy (non-hydrogen) atoms. The van der Waals surface area contributed by atoms with Gasteiger partial charge in [0.25, 0.3) is 11.8 Å². The van der Waals surface area contributed by atoms with E-state index in [1.165, 1.54) is 0 Å². The molecule has 1 heterocycles. The maximum Gasteiger partial charge on any atom is 0.347 e. The quantitative estimate of drug-likeness (QED) is 0.610. The molecule has 0 saturated carbocycles.